The van der Waals surface area contributed by atoms with Crippen LogP contribution >= 0.6 is 0 Å². The van der Waals surface area contributed by atoms with Gasteiger partial charge in [-0.1, -0.05) is 24.3 Å². The quantitative estimate of drug-likeness (QED) is 0.203. The average Bonchev–Trinajstić information content (AvgIpc) is 3.33. The fourth-order valence-corrected chi connectivity index (χ4v) is 3.63. The van der Waals surface area contributed by atoms with Crippen molar-refractivity contribution >= 4 is 23.4 Å². The van der Waals surface area contributed by atoms with E-state index in [0.717, 1.165) is 11.3 Å². The molecule has 36 heavy (non-hydrogen) atoms. The van der Waals surface area contributed by atoms with E-state index in [0.29, 0.717) is 34.0 Å². The number of nitro benzene ring substituents is 1. The molecule has 0 aliphatic carbocycles. The molecule has 0 atom stereocenters. The third-order valence-corrected chi connectivity index (χ3v) is 5.52. The summed E-state index contributed by atoms with van der Waals surface area (Å²) in [5.41, 5.74) is 3.95. The topological polar surface area (TPSA) is 109 Å². The van der Waals surface area contributed by atoms with Crippen LogP contribution in [-0.2, 0) is 4.79 Å². The summed E-state index contributed by atoms with van der Waals surface area (Å²) in [7, 11) is 3.13. The average molecular weight is 485 g/mol. The van der Waals surface area contributed by atoms with Crippen molar-refractivity contribution in [2.45, 2.75) is 6.92 Å². The molecule has 0 aliphatic heterocycles. The highest BCUT2D eigenvalue weighted by Crippen LogP contribution is 2.34. The second-order valence-electron chi connectivity index (χ2n) is 7.86. The van der Waals surface area contributed by atoms with Gasteiger partial charge in [0.25, 0.3) is 5.69 Å². The van der Waals surface area contributed by atoms with Gasteiger partial charge >= 0.3 is 0 Å². The first-order valence-corrected chi connectivity index (χ1v) is 11.0. The summed E-state index contributed by atoms with van der Waals surface area (Å²) in [6.45, 7) is 1.77. The van der Waals surface area contributed by atoms with E-state index < -0.39 is 10.8 Å². The van der Waals surface area contributed by atoms with Gasteiger partial charge in [0.1, 0.15) is 5.69 Å². The van der Waals surface area contributed by atoms with Crippen LogP contribution in [0.3, 0.4) is 0 Å². The molecule has 0 aliphatic rings. The minimum Gasteiger partial charge on any atom is -0.493 e. The Morgan fingerprint density at radius 2 is 1.78 bits per heavy atom. The number of aryl methyl sites for hydroxylation is 1. The Morgan fingerprint density at radius 1 is 1.03 bits per heavy atom. The first kappa shape index (κ1) is 24.2. The molecule has 0 saturated heterocycles. The van der Waals surface area contributed by atoms with Crippen molar-refractivity contribution in [2.75, 3.05) is 19.5 Å². The van der Waals surface area contributed by atoms with Crippen molar-refractivity contribution in [1.29, 1.82) is 0 Å². The second kappa shape index (κ2) is 10.6. The summed E-state index contributed by atoms with van der Waals surface area (Å²) in [6, 6.07) is 19.4. The molecule has 1 N–H and O–H groups in total. The minimum absolute atomic E-state index is 0.0974. The predicted molar refractivity (Wildman–Crippen MR) is 138 cm³/mol. The van der Waals surface area contributed by atoms with Gasteiger partial charge in [0.2, 0.25) is 5.91 Å². The number of aromatic nitrogens is 2. The van der Waals surface area contributed by atoms with Gasteiger partial charge in [-0.2, -0.15) is 5.10 Å². The highest BCUT2D eigenvalue weighted by Gasteiger charge is 2.15. The molecule has 3 aromatic carbocycles. The maximum atomic E-state index is 12.7. The van der Waals surface area contributed by atoms with Gasteiger partial charge < -0.3 is 14.8 Å². The van der Waals surface area contributed by atoms with Crippen molar-refractivity contribution < 1.29 is 19.2 Å². The number of rotatable bonds is 8. The molecular weight excluding hydrogens is 460 g/mol. The molecule has 0 spiro atoms. The van der Waals surface area contributed by atoms with Crippen molar-refractivity contribution in [2.24, 2.45) is 0 Å². The van der Waals surface area contributed by atoms with Crippen molar-refractivity contribution in [3.8, 4) is 28.4 Å². The molecular formula is C27H24N4O5. The number of anilines is 1. The van der Waals surface area contributed by atoms with E-state index >= 15 is 0 Å². The van der Waals surface area contributed by atoms with Crippen LogP contribution in [0.15, 0.2) is 79.0 Å². The zero-order chi connectivity index (χ0) is 25.7. The number of benzene rings is 3. The lowest BCUT2D eigenvalue weighted by atomic mass is 10.1. The van der Waals surface area contributed by atoms with Gasteiger partial charge in [0, 0.05) is 35.5 Å². The van der Waals surface area contributed by atoms with Crippen LogP contribution in [-0.4, -0.2) is 34.8 Å². The summed E-state index contributed by atoms with van der Waals surface area (Å²) in [6.07, 6.45) is 4.85. The van der Waals surface area contributed by atoms with E-state index in [1.54, 1.807) is 44.0 Å². The number of hydrogen-bond acceptors (Lipinski definition) is 6. The number of hydrogen-bond donors (Lipinski definition) is 1. The number of methoxy groups -OCH3 is 2. The van der Waals surface area contributed by atoms with Crippen LogP contribution < -0.4 is 14.8 Å². The lowest BCUT2D eigenvalue weighted by Crippen LogP contribution is -2.09. The van der Waals surface area contributed by atoms with Crippen molar-refractivity contribution in [3.05, 3.63) is 100 Å². The monoisotopic (exact) mass is 484 g/mol. The summed E-state index contributed by atoms with van der Waals surface area (Å²) in [4.78, 5) is 23.3. The smallest absolute Gasteiger partial charge is 0.271 e. The van der Waals surface area contributed by atoms with Crippen LogP contribution in [0.2, 0.25) is 0 Å². The second-order valence-corrected chi connectivity index (χ2v) is 7.86. The highest BCUT2D eigenvalue weighted by molar-refractivity contribution is 6.03. The third kappa shape index (κ3) is 5.25. The van der Waals surface area contributed by atoms with E-state index in [1.165, 1.54) is 18.2 Å². The maximum Gasteiger partial charge on any atom is 0.271 e. The lowest BCUT2D eigenvalue weighted by molar-refractivity contribution is -0.384. The Balaban J connectivity index is 1.69. The van der Waals surface area contributed by atoms with E-state index in [4.69, 9.17) is 14.6 Å². The zero-order valence-corrected chi connectivity index (χ0v) is 20.0. The minimum atomic E-state index is -0.502. The largest absolute Gasteiger partial charge is 0.493 e. The molecule has 4 aromatic rings. The molecule has 4 rings (SSSR count). The molecule has 9 heteroatoms. The van der Waals surface area contributed by atoms with Gasteiger partial charge in [0.05, 0.1) is 30.5 Å². The summed E-state index contributed by atoms with van der Waals surface area (Å²) >= 11 is 0. The predicted octanol–water partition coefficient (Wildman–Crippen LogP) is 5.43. The van der Waals surface area contributed by atoms with Gasteiger partial charge in [0.15, 0.2) is 11.5 Å². The van der Waals surface area contributed by atoms with Gasteiger partial charge in [-0.25, -0.2) is 4.68 Å². The fraction of sp³-hybridized carbons (Fsp3) is 0.111. The molecule has 182 valence electrons. The molecule has 1 amide bonds. The Morgan fingerprint density at radius 3 is 2.47 bits per heavy atom. The third-order valence-electron chi connectivity index (χ3n) is 5.52. The summed E-state index contributed by atoms with van der Waals surface area (Å²) in [5.74, 6) is 0.718. The first-order chi connectivity index (χ1) is 17.4. The standard InChI is InChI=1S/C27H24N4O5/c1-18-9-12-22(31(33)34)16-23(18)28-26(32)14-11-20-17-30(21-7-5-4-6-8-21)29-27(20)19-10-13-24(35-2)25(15-19)36-3/h4-17H,1-3H3,(H,28,32)/b14-11+. The number of carbonyl (C=O) groups excluding carboxylic acids is 1. The molecule has 9 nitrogen and oxygen atoms in total. The Hall–Kier alpha value is -4.92. The molecule has 1 aromatic heterocycles. The van der Waals surface area contributed by atoms with Crippen LogP contribution in [0, 0.1) is 17.0 Å². The number of para-hydroxylation sites is 1. The molecule has 0 radical (unpaired) electrons. The van der Waals surface area contributed by atoms with Crippen LogP contribution in [0.1, 0.15) is 11.1 Å². The van der Waals surface area contributed by atoms with Crippen LogP contribution in [0.25, 0.3) is 23.0 Å². The zero-order valence-electron chi connectivity index (χ0n) is 20.0. The van der Waals surface area contributed by atoms with Gasteiger partial charge in [-0.05, 0) is 48.9 Å². The molecule has 1 heterocycles. The highest BCUT2D eigenvalue weighted by atomic mass is 16.6. The summed E-state index contributed by atoms with van der Waals surface area (Å²) < 4.78 is 12.5. The number of ether oxygens (including phenoxy) is 2. The van der Waals surface area contributed by atoms with E-state index in [-0.39, 0.29) is 5.69 Å². The Bertz CT molecular complexity index is 1440. The normalized spacial score (nSPS) is 10.9. The number of non-ortho nitro benzene ring substituents is 1. The summed E-state index contributed by atoms with van der Waals surface area (Å²) in [5, 5.41) is 18.6. The van der Waals surface area contributed by atoms with Crippen molar-refractivity contribution in [1.82, 2.24) is 9.78 Å². The first-order valence-electron chi connectivity index (χ1n) is 11.0. The van der Waals surface area contributed by atoms with Crippen molar-refractivity contribution in [3.63, 3.8) is 0 Å². The Labute approximate surface area is 207 Å². The fourth-order valence-electron chi connectivity index (χ4n) is 3.63. The number of amides is 1. The SMILES string of the molecule is COc1ccc(-c2nn(-c3ccccc3)cc2/C=C/C(=O)Nc2cc([N+](=O)[O-])ccc2C)cc1OC. The molecule has 0 saturated carbocycles. The van der Waals surface area contributed by atoms with E-state index in [1.807, 2.05) is 48.7 Å². The molecule has 0 bridgehead atoms. The van der Waals surface area contributed by atoms with Crippen LogP contribution in [0.4, 0.5) is 11.4 Å². The molecule has 0 fully saturated rings. The van der Waals surface area contributed by atoms with Gasteiger partial charge in [-0.3, -0.25) is 14.9 Å². The van der Waals surface area contributed by atoms with Crippen LogP contribution in [0.5, 0.6) is 11.5 Å². The maximum absolute atomic E-state index is 12.7. The number of nitrogens with zero attached hydrogens (tertiary/aromatic N) is 3. The van der Waals surface area contributed by atoms with E-state index in [2.05, 4.69) is 5.32 Å². The Kier molecular flexibility index (Phi) is 7.10. The van der Waals surface area contributed by atoms with E-state index in [9.17, 15) is 14.9 Å². The number of nitrogens with one attached hydrogen (secondary N) is 1. The van der Waals surface area contributed by atoms with Gasteiger partial charge in [-0.15, -0.1) is 0 Å². The lowest BCUT2D eigenvalue weighted by Gasteiger charge is -2.09. The number of nitro groups is 1. The number of carbonyl (C=O) groups is 1. The molecule has 0 unspecified atom stereocenters.